The Balaban J connectivity index is 1.88. The van der Waals surface area contributed by atoms with Crippen LogP contribution in [0.2, 0.25) is 0 Å². The molecule has 0 aliphatic carbocycles. The molecule has 1 aromatic heterocycles. The van der Waals surface area contributed by atoms with Crippen LogP contribution in [0.3, 0.4) is 0 Å². The van der Waals surface area contributed by atoms with E-state index in [0.29, 0.717) is 16.9 Å². The van der Waals surface area contributed by atoms with Gasteiger partial charge in [-0.2, -0.15) is 4.99 Å². The van der Waals surface area contributed by atoms with E-state index >= 15 is 0 Å². The maximum atomic E-state index is 12.8. The highest BCUT2D eigenvalue weighted by Gasteiger charge is 2.11. The minimum absolute atomic E-state index is 0.257. The first-order valence-electron chi connectivity index (χ1n) is 8.69. The number of amides is 1. The van der Waals surface area contributed by atoms with Crippen molar-refractivity contribution in [3.63, 3.8) is 0 Å². The average molecular weight is 370 g/mol. The first kappa shape index (κ1) is 17.3. The summed E-state index contributed by atoms with van der Waals surface area (Å²) in [4.78, 5) is 17.9. The fourth-order valence-electron chi connectivity index (χ4n) is 3.32. The normalized spacial score (nSPS) is 11.8. The maximum Gasteiger partial charge on any atom is 0.279 e. The van der Waals surface area contributed by atoms with Crippen LogP contribution < -0.4 is 4.80 Å². The molecule has 3 aromatic carbocycles. The molecule has 3 nitrogen and oxygen atoms in total. The van der Waals surface area contributed by atoms with Crippen LogP contribution in [0.5, 0.6) is 0 Å². The lowest BCUT2D eigenvalue weighted by molar-refractivity contribution is 0.0998. The summed E-state index contributed by atoms with van der Waals surface area (Å²) in [6.07, 6.45) is 5.57. The Morgan fingerprint density at radius 1 is 1.11 bits per heavy atom. The van der Waals surface area contributed by atoms with Gasteiger partial charge in [-0.15, -0.1) is 6.42 Å². The summed E-state index contributed by atoms with van der Waals surface area (Å²) in [7, 11) is 0. The minimum atomic E-state index is -0.257. The number of benzene rings is 3. The zero-order valence-corrected chi connectivity index (χ0v) is 16.0. The van der Waals surface area contributed by atoms with Crippen molar-refractivity contribution >= 4 is 38.2 Å². The van der Waals surface area contributed by atoms with E-state index in [1.54, 1.807) is 0 Å². The van der Waals surface area contributed by atoms with Gasteiger partial charge in [0.15, 0.2) is 4.80 Å². The largest absolute Gasteiger partial charge is 0.305 e. The van der Waals surface area contributed by atoms with Gasteiger partial charge in [-0.25, -0.2) is 0 Å². The van der Waals surface area contributed by atoms with Gasteiger partial charge in [0.2, 0.25) is 0 Å². The summed E-state index contributed by atoms with van der Waals surface area (Å²) in [5.74, 6) is 2.42. The van der Waals surface area contributed by atoms with Gasteiger partial charge in [-0.05, 0) is 53.9 Å². The van der Waals surface area contributed by atoms with E-state index in [1.807, 2.05) is 47.0 Å². The summed E-state index contributed by atoms with van der Waals surface area (Å²) in [6, 6.07) is 17.9. The van der Waals surface area contributed by atoms with Gasteiger partial charge >= 0.3 is 0 Å². The van der Waals surface area contributed by atoms with Crippen LogP contribution in [0.1, 0.15) is 21.5 Å². The van der Waals surface area contributed by atoms with E-state index in [-0.39, 0.29) is 5.91 Å². The highest BCUT2D eigenvalue weighted by molar-refractivity contribution is 7.16. The van der Waals surface area contributed by atoms with E-state index in [9.17, 15) is 4.79 Å². The number of nitrogens with zero attached hydrogens (tertiary/aromatic N) is 2. The second-order valence-corrected chi connectivity index (χ2v) is 7.56. The molecule has 0 atom stereocenters. The molecule has 4 aromatic rings. The summed E-state index contributed by atoms with van der Waals surface area (Å²) < 4.78 is 3.06. The molecule has 0 fully saturated rings. The lowest BCUT2D eigenvalue weighted by atomic mass is 10.1. The number of aryl methyl sites for hydroxylation is 2. The highest BCUT2D eigenvalue weighted by atomic mass is 32.1. The van der Waals surface area contributed by atoms with Crippen LogP contribution in [0, 0.1) is 26.2 Å². The number of aromatic nitrogens is 1. The molecule has 0 saturated carbocycles. The number of rotatable bonds is 2. The predicted octanol–water partition coefficient (Wildman–Crippen LogP) is 4.85. The van der Waals surface area contributed by atoms with Gasteiger partial charge in [-0.3, -0.25) is 4.79 Å². The second kappa shape index (κ2) is 6.86. The fourth-order valence-corrected chi connectivity index (χ4v) is 4.39. The van der Waals surface area contributed by atoms with Crippen molar-refractivity contribution in [2.45, 2.75) is 20.4 Å². The van der Waals surface area contributed by atoms with E-state index in [0.717, 1.165) is 26.6 Å². The lowest BCUT2D eigenvalue weighted by Crippen LogP contribution is -2.16. The van der Waals surface area contributed by atoms with Crippen molar-refractivity contribution < 1.29 is 4.79 Å². The van der Waals surface area contributed by atoms with Crippen molar-refractivity contribution in [3.05, 3.63) is 76.1 Å². The topological polar surface area (TPSA) is 34.4 Å². The number of terminal acetylenes is 1. The van der Waals surface area contributed by atoms with Gasteiger partial charge in [0.1, 0.15) is 0 Å². The van der Waals surface area contributed by atoms with Crippen molar-refractivity contribution in [2.75, 3.05) is 0 Å². The number of fused-ring (bicyclic) bond motifs is 2. The van der Waals surface area contributed by atoms with Crippen LogP contribution in [-0.4, -0.2) is 10.5 Å². The van der Waals surface area contributed by atoms with Crippen molar-refractivity contribution in [2.24, 2.45) is 4.99 Å². The molecule has 4 heteroatoms. The number of thiazole rings is 1. The molecule has 0 bridgehead atoms. The Morgan fingerprint density at radius 3 is 2.67 bits per heavy atom. The summed E-state index contributed by atoms with van der Waals surface area (Å²) in [5, 5.41) is 2.13. The molecule has 1 heterocycles. The molecule has 0 spiro atoms. The van der Waals surface area contributed by atoms with Crippen molar-refractivity contribution in [1.82, 2.24) is 4.57 Å². The van der Waals surface area contributed by atoms with Crippen molar-refractivity contribution in [3.8, 4) is 12.3 Å². The number of carbonyl (C=O) groups is 1. The van der Waals surface area contributed by atoms with E-state index in [4.69, 9.17) is 6.42 Å². The Bertz CT molecular complexity index is 1300. The predicted molar refractivity (Wildman–Crippen MR) is 112 cm³/mol. The van der Waals surface area contributed by atoms with Crippen LogP contribution in [-0.2, 0) is 6.54 Å². The fraction of sp³-hybridized carbons (Fsp3) is 0.130. The standard InChI is InChI=1S/C23H18N2OS/c1-4-11-25-20-13-15(2)12-16(3)21(20)27-23(25)24-22(26)19-10-9-17-7-5-6-8-18(17)14-19/h1,5-10,12-14H,11H2,2-3H3. The molecule has 4 rings (SSSR count). The van der Waals surface area contributed by atoms with Crippen LogP contribution in [0.4, 0.5) is 0 Å². The summed E-state index contributed by atoms with van der Waals surface area (Å²) in [6.45, 7) is 4.51. The second-order valence-electron chi connectivity index (χ2n) is 6.58. The molecule has 0 N–H and O–H groups in total. The molecule has 1 amide bonds. The smallest absolute Gasteiger partial charge is 0.279 e. The van der Waals surface area contributed by atoms with Crippen LogP contribution >= 0.6 is 11.3 Å². The zero-order chi connectivity index (χ0) is 19.0. The molecule has 0 radical (unpaired) electrons. The Hall–Kier alpha value is -3.16. The SMILES string of the molecule is C#CCn1c(=NC(=O)c2ccc3ccccc3c2)sc2c(C)cc(C)cc21. The third-order valence-corrected chi connectivity index (χ3v) is 5.79. The van der Waals surface area contributed by atoms with Gasteiger partial charge in [-0.1, -0.05) is 53.7 Å². The maximum absolute atomic E-state index is 12.8. The third kappa shape index (κ3) is 3.18. The molecular weight excluding hydrogens is 352 g/mol. The quantitative estimate of drug-likeness (QED) is 0.465. The number of hydrogen-bond donors (Lipinski definition) is 0. The molecule has 0 unspecified atom stereocenters. The molecule has 27 heavy (non-hydrogen) atoms. The van der Waals surface area contributed by atoms with Crippen molar-refractivity contribution in [1.29, 1.82) is 0 Å². The summed E-state index contributed by atoms with van der Waals surface area (Å²) in [5.41, 5.74) is 3.93. The first-order chi connectivity index (χ1) is 13.1. The van der Waals surface area contributed by atoms with Gasteiger partial charge < -0.3 is 4.57 Å². The molecular formula is C23H18N2OS. The Kier molecular flexibility index (Phi) is 4.39. The monoisotopic (exact) mass is 370 g/mol. The number of hydrogen-bond acceptors (Lipinski definition) is 2. The first-order valence-corrected chi connectivity index (χ1v) is 9.50. The molecule has 0 aliphatic heterocycles. The van der Waals surface area contributed by atoms with E-state index in [2.05, 4.69) is 36.9 Å². The zero-order valence-electron chi connectivity index (χ0n) is 15.2. The summed E-state index contributed by atoms with van der Waals surface area (Å²) >= 11 is 1.51. The van der Waals surface area contributed by atoms with Gasteiger partial charge in [0, 0.05) is 5.56 Å². The van der Waals surface area contributed by atoms with Gasteiger partial charge in [0.05, 0.1) is 16.8 Å². The highest BCUT2D eigenvalue weighted by Crippen LogP contribution is 2.23. The number of carbonyl (C=O) groups excluding carboxylic acids is 1. The molecule has 0 saturated heterocycles. The van der Waals surface area contributed by atoms with Gasteiger partial charge in [0.25, 0.3) is 5.91 Å². The van der Waals surface area contributed by atoms with E-state index in [1.165, 1.54) is 16.9 Å². The molecule has 132 valence electrons. The van der Waals surface area contributed by atoms with Crippen LogP contribution in [0.15, 0.2) is 59.6 Å². The lowest BCUT2D eigenvalue weighted by Gasteiger charge is -2.03. The molecule has 0 aliphatic rings. The Labute approximate surface area is 161 Å². The minimum Gasteiger partial charge on any atom is -0.305 e. The average Bonchev–Trinajstić information content (AvgIpc) is 2.99. The Morgan fingerprint density at radius 2 is 1.89 bits per heavy atom. The van der Waals surface area contributed by atoms with E-state index < -0.39 is 0 Å². The van der Waals surface area contributed by atoms with Crippen LogP contribution in [0.25, 0.3) is 21.0 Å². The third-order valence-electron chi connectivity index (χ3n) is 4.56.